The van der Waals surface area contributed by atoms with Gasteiger partial charge in [0.1, 0.15) is 0 Å². The summed E-state index contributed by atoms with van der Waals surface area (Å²) in [5, 5.41) is 14.4. The van der Waals surface area contributed by atoms with E-state index in [0.29, 0.717) is 19.4 Å². The molecule has 1 aliphatic carbocycles. The first kappa shape index (κ1) is 16.5. The highest BCUT2D eigenvalue weighted by molar-refractivity contribution is 5.88. The zero-order chi connectivity index (χ0) is 15.1. The van der Waals surface area contributed by atoms with Gasteiger partial charge in [0.15, 0.2) is 0 Å². The first-order valence-corrected chi connectivity index (χ1v) is 7.26. The minimum absolute atomic E-state index is 0.0849. The molecule has 0 aromatic rings. The molecule has 0 aromatic heterocycles. The molecule has 6 heteroatoms. The van der Waals surface area contributed by atoms with Crippen molar-refractivity contribution in [3.8, 4) is 0 Å². The topological polar surface area (TPSA) is 95.5 Å². The molecule has 0 radical (unpaired) electrons. The fourth-order valence-corrected chi connectivity index (χ4v) is 2.66. The molecule has 0 spiro atoms. The molecular weight excluding hydrogens is 260 g/mol. The molecule has 1 aliphatic rings. The molecule has 0 bridgehead atoms. The maximum atomic E-state index is 12.0. The summed E-state index contributed by atoms with van der Waals surface area (Å²) < 4.78 is 0. The van der Waals surface area contributed by atoms with Crippen LogP contribution < -0.4 is 10.6 Å². The highest BCUT2D eigenvalue weighted by Crippen LogP contribution is 2.38. The van der Waals surface area contributed by atoms with Crippen molar-refractivity contribution in [2.45, 2.75) is 39.5 Å². The quantitative estimate of drug-likeness (QED) is 0.643. The van der Waals surface area contributed by atoms with Gasteiger partial charge in [0, 0.05) is 6.54 Å². The van der Waals surface area contributed by atoms with Crippen molar-refractivity contribution in [2.24, 2.45) is 17.8 Å². The van der Waals surface area contributed by atoms with Crippen molar-refractivity contribution >= 4 is 17.8 Å². The third kappa shape index (κ3) is 4.51. The second-order valence-corrected chi connectivity index (χ2v) is 5.36. The van der Waals surface area contributed by atoms with E-state index in [1.807, 2.05) is 13.8 Å². The first-order chi connectivity index (χ1) is 9.49. The van der Waals surface area contributed by atoms with E-state index in [4.69, 9.17) is 0 Å². The van der Waals surface area contributed by atoms with Crippen LogP contribution in [-0.4, -0.2) is 36.0 Å². The first-order valence-electron chi connectivity index (χ1n) is 7.26. The van der Waals surface area contributed by atoms with Crippen molar-refractivity contribution in [2.75, 3.05) is 13.1 Å². The maximum absolute atomic E-state index is 12.0. The highest BCUT2D eigenvalue weighted by Gasteiger charge is 2.42. The lowest BCUT2D eigenvalue weighted by Gasteiger charge is -2.15. The van der Waals surface area contributed by atoms with Crippen LogP contribution in [0.2, 0.25) is 0 Å². The largest absolute Gasteiger partial charge is 0.481 e. The van der Waals surface area contributed by atoms with E-state index in [0.717, 1.165) is 12.8 Å². The van der Waals surface area contributed by atoms with E-state index in [-0.39, 0.29) is 24.3 Å². The Labute approximate surface area is 119 Å². The van der Waals surface area contributed by atoms with Gasteiger partial charge in [-0.3, -0.25) is 14.4 Å². The summed E-state index contributed by atoms with van der Waals surface area (Å²) >= 11 is 0. The molecule has 2 amide bonds. The fraction of sp³-hybridized carbons (Fsp3) is 0.786. The Bertz CT molecular complexity index is 370. The maximum Gasteiger partial charge on any atom is 0.307 e. The number of rotatable bonds is 7. The van der Waals surface area contributed by atoms with Crippen molar-refractivity contribution in [3.63, 3.8) is 0 Å². The van der Waals surface area contributed by atoms with Gasteiger partial charge in [-0.25, -0.2) is 0 Å². The Balaban J connectivity index is 2.48. The average molecular weight is 284 g/mol. The second kappa shape index (κ2) is 7.87. The number of hydrogen-bond donors (Lipinski definition) is 3. The Kier molecular flexibility index (Phi) is 6.48. The number of carboxylic acids is 1. The molecule has 0 aromatic carbocycles. The summed E-state index contributed by atoms with van der Waals surface area (Å²) in [5.41, 5.74) is 0. The smallest absolute Gasteiger partial charge is 0.307 e. The van der Waals surface area contributed by atoms with Crippen LogP contribution in [0.4, 0.5) is 0 Å². The summed E-state index contributed by atoms with van der Waals surface area (Å²) in [6.07, 6.45) is 2.86. The molecule has 1 fully saturated rings. The average Bonchev–Trinajstić information content (AvgIpc) is 2.87. The van der Waals surface area contributed by atoms with Gasteiger partial charge < -0.3 is 15.7 Å². The number of carbonyl (C=O) groups is 3. The van der Waals surface area contributed by atoms with E-state index >= 15 is 0 Å². The van der Waals surface area contributed by atoms with E-state index in [9.17, 15) is 19.5 Å². The van der Waals surface area contributed by atoms with E-state index in [2.05, 4.69) is 10.6 Å². The number of hydrogen-bond acceptors (Lipinski definition) is 3. The molecule has 1 unspecified atom stereocenters. The zero-order valence-electron chi connectivity index (χ0n) is 12.1. The molecule has 1 rings (SSSR count). The molecule has 114 valence electrons. The summed E-state index contributed by atoms with van der Waals surface area (Å²) in [6.45, 7) is 4.44. The standard InChI is InChI=1S/C14H24N2O4/c1-3-5-15-12(17)8-16-13(18)10-6-9(4-2)7-11(10)14(19)20/h9-11H,3-8H2,1-2H3,(H,15,17)(H,16,18)(H,19,20)/t9?,10-,11+/m0/s1. The van der Waals surface area contributed by atoms with Gasteiger partial charge in [-0.2, -0.15) is 0 Å². The molecule has 3 N–H and O–H groups in total. The van der Waals surface area contributed by atoms with Gasteiger partial charge in [-0.1, -0.05) is 20.3 Å². The van der Waals surface area contributed by atoms with Gasteiger partial charge in [-0.15, -0.1) is 0 Å². The number of carboxylic acid groups (broad SMARTS) is 1. The lowest BCUT2D eigenvalue weighted by molar-refractivity contribution is -0.146. The van der Waals surface area contributed by atoms with Crippen LogP contribution in [-0.2, 0) is 14.4 Å². The van der Waals surface area contributed by atoms with Crippen molar-refractivity contribution in [1.29, 1.82) is 0 Å². The predicted molar refractivity (Wildman–Crippen MR) is 73.9 cm³/mol. The molecule has 1 saturated carbocycles. The van der Waals surface area contributed by atoms with E-state index < -0.39 is 17.8 Å². The second-order valence-electron chi connectivity index (χ2n) is 5.36. The van der Waals surface area contributed by atoms with Crippen molar-refractivity contribution < 1.29 is 19.5 Å². The summed E-state index contributed by atoms with van der Waals surface area (Å²) in [6, 6.07) is 0. The number of carbonyl (C=O) groups excluding carboxylic acids is 2. The van der Waals surface area contributed by atoms with E-state index in [1.54, 1.807) is 0 Å². The molecule has 0 heterocycles. The van der Waals surface area contributed by atoms with Crippen LogP contribution in [0.1, 0.15) is 39.5 Å². The minimum Gasteiger partial charge on any atom is -0.481 e. The Hall–Kier alpha value is -1.59. The third-order valence-electron chi connectivity index (χ3n) is 3.89. The Morgan fingerprint density at radius 1 is 1.10 bits per heavy atom. The molecule has 0 aliphatic heterocycles. The summed E-state index contributed by atoms with van der Waals surface area (Å²) in [5.74, 6) is -2.34. The highest BCUT2D eigenvalue weighted by atomic mass is 16.4. The molecule has 0 saturated heterocycles. The summed E-state index contributed by atoms with van der Waals surface area (Å²) in [4.78, 5) is 34.7. The minimum atomic E-state index is -0.920. The molecule has 3 atom stereocenters. The Morgan fingerprint density at radius 2 is 1.75 bits per heavy atom. The lowest BCUT2D eigenvalue weighted by Crippen LogP contribution is -2.41. The van der Waals surface area contributed by atoms with Gasteiger partial charge in [0.2, 0.25) is 11.8 Å². The normalized spacial score (nSPS) is 25.2. The number of amides is 2. The predicted octanol–water partition coefficient (Wildman–Crippen LogP) is 0.766. The van der Waals surface area contributed by atoms with E-state index in [1.165, 1.54) is 0 Å². The summed E-state index contributed by atoms with van der Waals surface area (Å²) in [7, 11) is 0. The third-order valence-corrected chi connectivity index (χ3v) is 3.89. The van der Waals surface area contributed by atoms with Gasteiger partial charge in [0.25, 0.3) is 0 Å². The van der Waals surface area contributed by atoms with Crippen LogP contribution in [0.3, 0.4) is 0 Å². The number of aliphatic carboxylic acids is 1. The van der Waals surface area contributed by atoms with Gasteiger partial charge >= 0.3 is 5.97 Å². The zero-order valence-corrected chi connectivity index (χ0v) is 12.1. The van der Waals surface area contributed by atoms with Crippen LogP contribution in [0.5, 0.6) is 0 Å². The van der Waals surface area contributed by atoms with Crippen molar-refractivity contribution in [3.05, 3.63) is 0 Å². The van der Waals surface area contributed by atoms with Crippen LogP contribution in [0, 0.1) is 17.8 Å². The lowest BCUT2D eigenvalue weighted by atomic mass is 9.95. The fourth-order valence-electron chi connectivity index (χ4n) is 2.66. The molecule has 20 heavy (non-hydrogen) atoms. The van der Waals surface area contributed by atoms with Crippen molar-refractivity contribution in [1.82, 2.24) is 10.6 Å². The monoisotopic (exact) mass is 284 g/mol. The van der Waals surface area contributed by atoms with Crippen LogP contribution in [0.25, 0.3) is 0 Å². The van der Waals surface area contributed by atoms with Gasteiger partial charge in [0.05, 0.1) is 18.4 Å². The SMILES string of the molecule is CCCNC(=O)CNC(=O)[C@H]1CC(CC)C[C@H]1C(=O)O. The number of nitrogens with one attached hydrogen (secondary N) is 2. The Morgan fingerprint density at radius 3 is 2.30 bits per heavy atom. The molecular formula is C14H24N2O4. The van der Waals surface area contributed by atoms with Crippen LogP contribution in [0.15, 0.2) is 0 Å². The van der Waals surface area contributed by atoms with Crippen LogP contribution >= 0.6 is 0 Å². The van der Waals surface area contributed by atoms with Gasteiger partial charge in [-0.05, 0) is 25.2 Å². The molecule has 6 nitrogen and oxygen atoms in total.